The quantitative estimate of drug-likeness (QED) is 0.514. The Labute approximate surface area is 103 Å². The molecule has 16 heavy (non-hydrogen) atoms. The highest BCUT2D eigenvalue weighted by atomic mass is 14.3. The maximum atomic E-state index is 3.98. The monoisotopic (exact) mass is 222 g/mol. The van der Waals surface area contributed by atoms with Crippen molar-refractivity contribution in [3.8, 4) is 0 Å². The molecule has 0 aromatic rings. The molecular weight excluding hydrogens is 192 g/mol. The molecule has 0 amide bonds. The van der Waals surface area contributed by atoms with Crippen molar-refractivity contribution in [3.63, 3.8) is 0 Å². The van der Waals surface area contributed by atoms with Crippen LogP contribution in [0, 0.1) is 24.7 Å². The number of unbranched alkanes of at least 4 members (excludes halogenated alkanes) is 1. The third-order valence-corrected chi connectivity index (χ3v) is 4.36. The molecule has 2 atom stereocenters. The summed E-state index contributed by atoms with van der Waals surface area (Å²) in [6, 6.07) is 0. The summed E-state index contributed by atoms with van der Waals surface area (Å²) in [5.41, 5.74) is 0. The minimum atomic E-state index is 0.911. The van der Waals surface area contributed by atoms with Gasteiger partial charge in [0.25, 0.3) is 0 Å². The summed E-state index contributed by atoms with van der Waals surface area (Å²) in [6.07, 6.45) is 13.8. The zero-order chi connectivity index (χ0) is 11.8. The minimum Gasteiger partial charge on any atom is -0.0651 e. The summed E-state index contributed by atoms with van der Waals surface area (Å²) < 4.78 is 0. The highest BCUT2D eigenvalue weighted by Crippen LogP contribution is 2.38. The Morgan fingerprint density at radius 3 is 2.75 bits per heavy atom. The van der Waals surface area contributed by atoms with Gasteiger partial charge in [-0.15, -0.1) is 0 Å². The Balaban J connectivity index is 2.46. The zero-order valence-corrected chi connectivity index (χ0v) is 11.4. The van der Waals surface area contributed by atoms with Gasteiger partial charge in [0.2, 0.25) is 0 Å². The summed E-state index contributed by atoms with van der Waals surface area (Å²) in [7, 11) is 0. The molecule has 0 N–H and O–H groups in total. The van der Waals surface area contributed by atoms with Crippen LogP contribution >= 0.6 is 0 Å². The lowest BCUT2D eigenvalue weighted by molar-refractivity contribution is 0.383. The van der Waals surface area contributed by atoms with Gasteiger partial charge in [0.15, 0.2) is 0 Å². The van der Waals surface area contributed by atoms with Crippen molar-refractivity contribution in [1.82, 2.24) is 0 Å². The molecule has 1 fully saturated rings. The zero-order valence-electron chi connectivity index (χ0n) is 11.4. The van der Waals surface area contributed by atoms with Gasteiger partial charge in [0.1, 0.15) is 0 Å². The van der Waals surface area contributed by atoms with E-state index in [0.29, 0.717) is 0 Å². The summed E-state index contributed by atoms with van der Waals surface area (Å²) in [4.78, 5) is 0. The molecule has 94 valence electrons. The van der Waals surface area contributed by atoms with Gasteiger partial charge < -0.3 is 0 Å². The molecular formula is C16H30. The maximum Gasteiger partial charge on any atom is -0.0207 e. The van der Waals surface area contributed by atoms with E-state index in [1.165, 1.54) is 57.8 Å². The molecule has 0 spiro atoms. The van der Waals surface area contributed by atoms with E-state index in [-0.39, 0.29) is 0 Å². The molecule has 0 nitrogen and oxygen atoms in total. The van der Waals surface area contributed by atoms with Gasteiger partial charge in [-0.25, -0.2) is 0 Å². The molecule has 1 rings (SSSR count). The fourth-order valence-corrected chi connectivity index (χ4v) is 3.17. The van der Waals surface area contributed by atoms with Gasteiger partial charge in [0.05, 0.1) is 0 Å². The van der Waals surface area contributed by atoms with Crippen molar-refractivity contribution in [2.24, 2.45) is 11.8 Å². The molecule has 0 aromatic heterocycles. The first kappa shape index (κ1) is 14.1. The third kappa shape index (κ3) is 4.47. The van der Waals surface area contributed by atoms with Crippen LogP contribution in [0.15, 0.2) is 0 Å². The summed E-state index contributed by atoms with van der Waals surface area (Å²) in [6.45, 7) is 8.71. The van der Waals surface area contributed by atoms with Crippen LogP contribution in [0.3, 0.4) is 0 Å². The smallest absolute Gasteiger partial charge is 0.0207 e. The fourth-order valence-electron chi connectivity index (χ4n) is 3.17. The first-order valence-corrected chi connectivity index (χ1v) is 7.45. The second-order valence-corrected chi connectivity index (χ2v) is 5.48. The molecule has 0 heterocycles. The Hall–Kier alpha value is 0. The Morgan fingerprint density at radius 1 is 1.31 bits per heavy atom. The first-order chi connectivity index (χ1) is 7.81. The van der Waals surface area contributed by atoms with Gasteiger partial charge in [-0.1, -0.05) is 65.7 Å². The second kappa shape index (κ2) is 8.14. The van der Waals surface area contributed by atoms with Crippen LogP contribution in [0.4, 0.5) is 0 Å². The normalized spacial score (nSPS) is 25.3. The van der Waals surface area contributed by atoms with Crippen LogP contribution in [-0.4, -0.2) is 0 Å². The summed E-state index contributed by atoms with van der Waals surface area (Å²) in [5.74, 6) is 3.81. The van der Waals surface area contributed by atoms with E-state index < -0.39 is 0 Å². The number of hydrogen-bond donors (Lipinski definition) is 0. The lowest BCUT2D eigenvalue weighted by atomic mass is 9.79. The fraction of sp³-hybridized carbons (Fsp3) is 0.875. The summed E-state index contributed by atoms with van der Waals surface area (Å²) in [5, 5.41) is 0. The van der Waals surface area contributed by atoms with Crippen molar-refractivity contribution in [2.75, 3.05) is 0 Å². The molecule has 1 aliphatic carbocycles. The SMILES string of the molecule is [CH2]CCCC(CC)[C]1CCCCC(CC)C1. The van der Waals surface area contributed by atoms with Gasteiger partial charge in [0, 0.05) is 0 Å². The standard InChI is InChI=1S/C16H30/c1-4-7-11-15(6-3)16-12-9-8-10-14(5-2)13-16/h14-15H,1,4-13H2,2-3H3. The number of hydrogen-bond acceptors (Lipinski definition) is 0. The molecule has 0 bridgehead atoms. The van der Waals surface area contributed by atoms with Crippen molar-refractivity contribution in [1.29, 1.82) is 0 Å². The van der Waals surface area contributed by atoms with E-state index >= 15 is 0 Å². The van der Waals surface area contributed by atoms with Crippen molar-refractivity contribution in [3.05, 3.63) is 12.8 Å². The number of rotatable bonds is 6. The van der Waals surface area contributed by atoms with Gasteiger partial charge in [-0.3, -0.25) is 0 Å². The summed E-state index contributed by atoms with van der Waals surface area (Å²) >= 11 is 0. The lowest BCUT2D eigenvalue weighted by Crippen LogP contribution is -2.14. The van der Waals surface area contributed by atoms with Crippen molar-refractivity contribution < 1.29 is 0 Å². The molecule has 1 aliphatic rings. The van der Waals surface area contributed by atoms with Crippen LogP contribution in [0.2, 0.25) is 0 Å². The third-order valence-electron chi connectivity index (χ3n) is 4.36. The molecule has 2 radical (unpaired) electrons. The van der Waals surface area contributed by atoms with E-state index in [2.05, 4.69) is 20.8 Å². The van der Waals surface area contributed by atoms with E-state index in [0.717, 1.165) is 18.3 Å². The maximum absolute atomic E-state index is 3.98. The van der Waals surface area contributed by atoms with Crippen molar-refractivity contribution >= 4 is 0 Å². The van der Waals surface area contributed by atoms with Gasteiger partial charge in [-0.05, 0) is 37.0 Å². The molecule has 0 saturated heterocycles. The molecule has 1 saturated carbocycles. The molecule has 0 aromatic carbocycles. The minimum absolute atomic E-state index is 0.911. The van der Waals surface area contributed by atoms with E-state index in [1.807, 2.05) is 5.92 Å². The lowest BCUT2D eigenvalue weighted by Gasteiger charge is -2.26. The highest BCUT2D eigenvalue weighted by molar-refractivity contribution is 4.98. The Kier molecular flexibility index (Phi) is 7.16. The van der Waals surface area contributed by atoms with E-state index in [9.17, 15) is 0 Å². The van der Waals surface area contributed by atoms with Gasteiger partial charge >= 0.3 is 0 Å². The Morgan fingerprint density at radius 2 is 2.12 bits per heavy atom. The average molecular weight is 222 g/mol. The van der Waals surface area contributed by atoms with Gasteiger partial charge in [-0.2, -0.15) is 0 Å². The molecule has 2 unspecified atom stereocenters. The van der Waals surface area contributed by atoms with E-state index in [1.54, 1.807) is 0 Å². The predicted octanol–water partition coefficient (Wildman–Crippen LogP) is 5.58. The van der Waals surface area contributed by atoms with Crippen molar-refractivity contribution in [2.45, 2.75) is 78.1 Å². The van der Waals surface area contributed by atoms with Crippen LogP contribution in [-0.2, 0) is 0 Å². The second-order valence-electron chi connectivity index (χ2n) is 5.48. The average Bonchev–Trinajstić information content (AvgIpc) is 2.55. The largest absolute Gasteiger partial charge is 0.0651 e. The topological polar surface area (TPSA) is 0 Å². The van der Waals surface area contributed by atoms with Crippen LogP contribution < -0.4 is 0 Å². The predicted molar refractivity (Wildman–Crippen MR) is 73.1 cm³/mol. The van der Waals surface area contributed by atoms with E-state index in [4.69, 9.17) is 0 Å². The first-order valence-electron chi connectivity index (χ1n) is 7.45. The van der Waals surface area contributed by atoms with Crippen LogP contribution in [0.1, 0.15) is 78.1 Å². The van der Waals surface area contributed by atoms with Crippen LogP contribution in [0.25, 0.3) is 0 Å². The van der Waals surface area contributed by atoms with Crippen LogP contribution in [0.5, 0.6) is 0 Å². The highest BCUT2D eigenvalue weighted by Gasteiger charge is 2.25. The molecule has 0 heteroatoms. The molecule has 0 aliphatic heterocycles. The Bertz CT molecular complexity index is 161.